The first-order valence-electron chi connectivity index (χ1n) is 4.24. The molecule has 0 saturated carbocycles. The Bertz CT molecular complexity index is 71.4. The molecule has 0 rings (SSSR count). The zero-order valence-corrected chi connectivity index (χ0v) is 13.6. The Balaban J connectivity index is -0.0000000175. The number of hydrogen-bond donors (Lipinski definition) is 0. The van der Waals surface area contributed by atoms with E-state index in [4.69, 9.17) is 0 Å². The molecule has 0 aliphatic heterocycles. The molecule has 1 radical (unpaired) electrons. The molecular formula is C11H26N2Y-2. The van der Waals surface area contributed by atoms with Crippen LogP contribution in [-0.2, 0) is 32.7 Å². The van der Waals surface area contributed by atoms with E-state index in [1.165, 1.54) is 12.4 Å². The molecule has 0 aromatic carbocycles. The van der Waals surface area contributed by atoms with Crippen LogP contribution in [0.2, 0.25) is 0 Å². The van der Waals surface area contributed by atoms with Crippen molar-refractivity contribution in [1.82, 2.24) is 0 Å². The Morgan fingerprint density at radius 3 is 1.07 bits per heavy atom. The summed E-state index contributed by atoms with van der Waals surface area (Å²) < 4.78 is 0. The Kier molecular flexibility index (Phi) is 294. The van der Waals surface area contributed by atoms with Gasteiger partial charge in [-0.2, -0.15) is 17.2 Å². The molecule has 0 saturated heterocycles. The van der Waals surface area contributed by atoms with Gasteiger partial charge in [0.15, 0.2) is 0 Å². The Labute approximate surface area is 117 Å². The standard InChI is InChI=1S/C4H6N2.2C2H6.C2H5.CH3.Y/c1-3-5-6-4-2;3*1-2;;/h3-4H,1-2H2;2*1-2H3;1H2,2H3;1H3;/q;;;2*-1;. The molecule has 85 valence electrons. The van der Waals surface area contributed by atoms with Gasteiger partial charge in [0.25, 0.3) is 0 Å². The van der Waals surface area contributed by atoms with Crippen LogP contribution < -0.4 is 0 Å². The van der Waals surface area contributed by atoms with E-state index in [1.54, 1.807) is 6.92 Å². The van der Waals surface area contributed by atoms with Crippen molar-refractivity contribution in [2.75, 3.05) is 0 Å². The smallest absolute Gasteiger partial charge is 0.0423 e. The fraction of sp³-hybridized carbons (Fsp3) is 0.455. The molecule has 0 spiro atoms. The van der Waals surface area contributed by atoms with Crippen molar-refractivity contribution in [2.24, 2.45) is 10.2 Å². The van der Waals surface area contributed by atoms with Gasteiger partial charge in [-0.1, -0.05) is 40.9 Å². The second kappa shape index (κ2) is 112. The molecule has 2 nitrogen and oxygen atoms in total. The predicted molar refractivity (Wildman–Crippen MR) is 65.4 cm³/mol. The van der Waals surface area contributed by atoms with Gasteiger partial charge in [0.2, 0.25) is 0 Å². The SMILES string of the molecule is C=CN=NC=C.CC.CC.[CH2-]C.[CH3-].[Y]. The predicted octanol–water partition coefficient (Wildman–Crippen LogP) is 5.07. The maximum absolute atomic E-state index is 3.36. The summed E-state index contributed by atoms with van der Waals surface area (Å²) >= 11 is 0. The molecule has 0 aliphatic carbocycles. The van der Waals surface area contributed by atoms with Gasteiger partial charge in [-0.15, -0.1) is 0 Å². The van der Waals surface area contributed by atoms with E-state index in [9.17, 15) is 0 Å². The van der Waals surface area contributed by atoms with Gasteiger partial charge in [0.05, 0.1) is 0 Å². The minimum atomic E-state index is 0. The zero-order valence-electron chi connectivity index (χ0n) is 10.7. The molecule has 0 amide bonds. The molecule has 0 N–H and O–H groups in total. The fourth-order valence-electron chi connectivity index (χ4n) is 0.0943. The first kappa shape index (κ1) is 36.8. The van der Waals surface area contributed by atoms with E-state index in [0.717, 1.165) is 0 Å². The van der Waals surface area contributed by atoms with E-state index in [-0.39, 0.29) is 40.1 Å². The quantitative estimate of drug-likeness (QED) is 0.496. The van der Waals surface area contributed by atoms with Crippen LogP contribution in [0.3, 0.4) is 0 Å². The summed E-state index contributed by atoms with van der Waals surface area (Å²) in [6.07, 6.45) is 2.70. The van der Waals surface area contributed by atoms with Gasteiger partial charge in [-0.3, -0.25) is 0 Å². The molecule has 0 fully saturated rings. The van der Waals surface area contributed by atoms with Crippen molar-refractivity contribution in [2.45, 2.75) is 34.6 Å². The first-order chi connectivity index (χ1) is 5.91. The number of rotatable bonds is 2. The van der Waals surface area contributed by atoms with Crippen LogP contribution in [0.25, 0.3) is 0 Å². The van der Waals surface area contributed by atoms with Crippen molar-refractivity contribution < 1.29 is 32.7 Å². The molecule has 0 bridgehead atoms. The van der Waals surface area contributed by atoms with Gasteiger partial charge >= 0.3 is 0 Å². The fourth-order valence-corrected chi connectivity index (χ4v) is 0.0943. The van der Waals surface area contributed by atoms with Gasteiger partial charge in [-0.05, 0) is 0 Å². The molecule has 0 heterocycles. The second-order valence-corrected chi connectivity index (χ2v) is 0.596. The van der Waals surface area contributed by atoms with Crippen LogP contribution in [0, 0.1) is 14.4 Å². The van der Waals surface area contributed by atoms with Gasteiger partial charge in [-0.25, -0.2) is 0 Å². The normalized spacial score (nSPS) is 5.00. The summed E-state index contributed by atoms with van der Waals surface area (Å²) in [6, 6.07) is 0. The number of nitrogens with zero attached hydrogens (tertiary/aromatic N) is 2. The summed E-state index contributed by atoms with van der Waals surface area (Å²) in [5, 5.41) is 6.72. The molecular weight excluding hydrogens is 249 g/mol. The average Bonchev–Trinajstić information content (AvgIpc) is 2.24. The van der Waals surface area contributed by atoms with Crippen molar-refractivity contribution in [3.8, 4) is 0 Å². The number of azo groups is 1. The summed E-state index contributed by atoms with van der Waals surface area (Å²) in [6.45, 7) is 19.6. The zero-order chi connectivity index (χ0) is 10.8. The van der Waals surface area contributed by atoms with Gasteiger partial charge in [0, 0.05) is 45.1 Å². The first-order valence-corrected chi connectivity index (χ1v) is 4.24. The Hall–Kier alpha value is 0.184. The maximum atomic E-state index is 3.36. The second-order valence-electron chi connectivity index (χ2n) is 0.596. The van der Waals surface area contributed by atoms with Crippen molar-refractivity contribution in [3.05, 3.63) is 39.9 Å². The minimum Gasteiger partial charge on any atom is -0.358 e. The van der Waals surface area contributed by atoms with Crippen LogP contribution in [-0.4, -0.2) is 0 Å². The van der Waals surface area contributed by atoms with Crippen molar-refractivity contribution >= 4 is 0 Å². The molecule has 0 unspecified atom stereocenters. The molecule has 0 atom stereocenters. The van der Waals surface area contributed by atoms with E-state index in [2.05, 4.69) is 30.3 Å². The van der Waals surface area contributed by atoms with Crippen molar-refractivity contribution in [1.29, 1.82) is 0 Å². The molecule has 14 heavy (non-hydrogen) atoms. The van der Waals surface area contributed by atoms with E-state index in [0.29, 0.717) is 0 Å². The Morgan fingerprint density at radius 1 is 0.857 bits per heavy atom. The topological polar surface area (TPSA) is 24.7 Å². The van der Waals surface area contributed by atoms with Crippen molar-refractivity contribution in [3.63, 3.8) is 0 Å². The Morgan fingerprint density at radius 2 is 1.00 bits per heavy atom. The van der Waals surface area contributed by atoms with Crippen LogP contribution in [0.15, 0.2) is 35.8 Å². The van der Waals surface area contributed by atoms with Gasteiger partial charge < -0.3 is 14.4 Å². The molecule has 0 aromatic rings. The van der Waals surface area contributed by atoms with Crippen LogP contribution in [0.1, 0.15) is 34.6 Å². The average molecular weight is 275 g/mol. The monoisotopic (exact) mass is 275 g/mol. The van der Waals surface area contributed by atoms with E-state index < -0.39 is 0 Å². The van der Waals surface area contributed by atoms with Crippen LogP contribution >= 0.6 is 0 Å². The summed E-state index contributed by atoms with van der Waals surface area (Å²) in [4.78, 5) is 0. The molecule has 0 aliphatic rings. The summed E-state index contributed by atoms with van der Waals surface area (Å²) in [5.74, 6) is 0. The van der Waals surface area contributed by atoms with E-state index in [1.807, 2.05) is 27.7 Å². The third-order valence-electron chi connectivity index (χ3n) is 0.230. The largest absolute Gasteiger partial charge is 0.358 e. The third-order valence-corrected chi connectivity index (χ3v) is 0.230. The minimum absolute atomic E-state index is 0. The van der Waals surface area contributed by atoms with E-state index >= 15 is 0 Å². The summed E-state index contributed by atoms with van der Waals surface area (Å²) in [7, 11) is 0. The molecule has 3 heteroatoms. The number of hydrogen-bond acceptors (Lipinski definition) is 2. The maximum Gasteiger partial charge on any atom is 0.0423 e. The molecule has 0 aromatic heterocycles. The summed E-state index contributed by atoms with van der Waals surface area (Å²) in [5.41, 5.74) is 0. The van der Waals surface area contributed by atoms with Crippen LogP contribution in [0.5, 0.6) is 0 Å². The van der Waals surface area contributed by atoms with Gasteiger partial charge in [0.1, 0.15) is 0 Å². The van der Waals surface area contributed by atoms with Crippen LogP contribution in [0.4, 0.5) is 0 Å². The third kappa shape index (κ3) is 150.